The van der Waals surface area contributed by atoms with E-state index in [4.69, 9.17) is 9.47 Å². The number of rotatable bonds is 1. The van der Waals surface area contributed by atoms with Crippen molar-refractivity contribution in [3.63, 3.8) is 0 Å². The van der Waals surface area contributed by atoms with E-state index in [9.17, 15) is 14.7 Å². The maximum Gasteiger partial charge on any atom is 0.343 e. The average Bonchev–Trinajstić information content (AvgIpc) is 3.55. The van der Waals surface area contributed by atoms with E-state index in [0.29, 0.717) is 12.1 Å². The van der Waals surface area contributed by atoms with Gasteiger partial charge in [-0.25, -0.2) is 4.79 Å². The van der Waals surface area contributed by atoms with Crippen molar-refractivity contribution in [3.05, 3.63) is 59.7 Å². The summed E-state index contributed by atoms with van der Waals surface area (Å²) in [4.78, 5) is 26.3. The number of hydrogen-bond acceptors (Lipinski definition) is 5. The Bertz CT molecular complexity index is 1830. The van der Waals surface area contributed by atoms with Gasteiger partial charge in [-0.1, -0.05) is 36.4 Å². The van der Waals surface area contributed by atoms with Gasteiger partial charge in [-0.3, -0.25) is 4.79 Å². The second-order valence-electron chi connectivity index (χ2n) is 9.83. The van der Waals surface area contributed by atoms with Crippen LogP contribution in [0.3, 0.4) is 0 Å². The smallest absolute Gasteiger partial charge is 0.343 e. The number of fused-ring (bicyclic) bond motifs is 13. The largest absolute Gasteiger partial charge is 0.467 e. The Balaban J connectivity index is 1.73. The van der Waals surface area contributed by atoms with E-state index < -0.39 is 23.5 Å². The van der Waals surface area contributed by atoms with Crippen molar-refractivity contribution in [2.45, 2.75) is 37.4 Å². The maximum atomic E-state index is 13.2. The van der Waals surface area contributed by atoms with Crippen LogP contribution in [0.25, 0.3) is 43.6 Å². The molecule has 1 fully saturated rings. The molecule has 0 aliphatic carbocycles. The zero-order valence-corrected chi connectivity index (χ0v) is 19.1. The highest BCUT2D eigenvalue weighted by Crippen LogP contribution is 2.57. The zero-order valence-electron chi connectivity index (χ0n) is 19.1. The van der Waals surface area contributed by atoms with Crippen LogP contribution in [0.1, 0.15) is 35.5 Å². The molecule has 8 heteroatoms. The van der Waals surface area contributed by atoms with E-state index in [1.54, 1.807) is 6.92 Å². The minimum absolute atomic E-state index is 0.0146. The molecule has 2 N–H and O–H groups in total. The van der Waals surface area contributed by atoms with Gasteiger partial charge in [-0.05, 0) is 24.6 Å². The van der Waals surface area contributed by atoms with Crippen LogP contribution in [0.2, 0.25) is 0 Å². The fourth-order valence-corrected chi connectivity index (χ4v) is 6.89. The summed E-state index contributed by atoms with van der Waals surface area (Å²) in [5.41, 5.74) is 1.69. The molecule has 0 spiro atoms. The Morgan fingerprint density at radius 3 is 2.51 bits per heavy atom. The Kier molecular flexibility index (Phi) is 3.24. The van der Waals surface area contributed by atoms with Gasteiger partial charge in [-0.15, -0.1) is 0 Å². The first-order valence-electron chi connectivity index (χ1n) is 11.7. The lowest BCUT2D eigenvalue weighted by molar-refractivity contribution is -0.202. The molecule has 1 unspecified atom stereocenters. The summed E-state index contributed by atoms with van der Waals surface area (Å²) in [5, 5.41) is 18.7. The number of aromatic nitrogens is 2. The first-order chi connectivity index (χ1) is 16.9. The Hall–Kier alpha value is -3.88. The van der Waals surface area contributed by atoms with E-state index in [1.807, 2.05) is 53.1 Å². The summed E-state index contributed by atoms with van der Waals surface area (Å²) in [7, 11) is 1.28. The average molecular weight is 467 g/mol. The predicted octanol–water partition coefficient (Wildman–Crippen LogP) is 3.66. The summed E-state index contributed by atoms with van der Waals surface area (Å²) in [6.45, 7) is 2.17. The number of hydrogen-bond donors (Lipinski definition) is 2. The number of nitrogens with zero attached hydrogens (tertiary/aromatic N) is 2. The molecule has 5 aromatic rings. The number of benzene rings is 3. The molecule has 3 atom stereocenters. The van der Waals surface area contributed by atoms with Gasteiger partial charge in [-0.2, -0.15) is 0 Å². The molecule has 35 heavy (non-hydrogen) atoms. The van der Waals surface area contributed by atoms with Crippen molar-refractivity contribution in [2.24, 2.45) is 0 Å². The summed E-state index contributed by atoms with van der Waals surface area (Å²) in [6, 6.07) is 15.8. The third-order valence-corrected chi connectivity index (χ3v) is 8.36. The highest BCUT2D eigenvalue weighted by molar-refractivity contribution is 6.31. The zero-order chi connectivity index (χ0) is 23.9. The number of aliphatic hydroxyl groups is 1. The Morgan fingerprint density at radius 2 is 1.77 bits per heavy atom. The second kappa shape index (κ2) is 5.84. The highest BCUT2D eigenvalue weighted by Gasteiger charge is 2.65. The molecule has 1 saturated heterocycles. The van der Waals surface area contributed by atoms with Gasteiger partial charge in [0.1, 0.15) is 6.23 Å². The summed E-state index contributed by atoms with van der Waals surface area (Å²) < 4.78 is 15.8. The molecular weight excluding hydrogens is 446 g/mol. The molecule has 3 aliphatic heterocycles. The lowest BCUT2D eigenvalue weighted by Gasteiger charge is -2.37. The first-order valence-corrected chi connectivity index (χ1v) is 11.7. The SMILES string of the molecule is COC(=O)[C@@]1(O)CC2O[C@]1(C)n1c3ccccc3c3c4c(c5c6ccccc6n2c5c31)C(=O)NC4. The summed E-state index contributed by atoms with van der Waals surface area (Å²) in [5.74, 6) is -0.822. The fourth-order valence-electron chi connectivity index (χ4n) is 6.89. The highest BCUT2D eigenvalue weighted by atomic mass is 16.6. The summed E-state index contributed by atoms with van der Waals surface area (Å²) >= 11 is 0. The topological polar surface area (TPSA) is 94.7 Å². The Labute approximate surface area is 198 Å². The van der Waals surface area contributed by atoms with Gasteiger partial charge in [0.15, 0.2) is 5.72 Å². The molecule has 0 saturated carbocycles. The normalized spacial score (nSPS) is 26.7. The molecule has 2 bridgehead atoms. The van der Waals surface area contributed by atoms with E-state index in [0.717, 1.165) is 49.2 Å². The third-order valence-electron chi connectivity index (χ3n) is 8.36. The van der Waals surface area contributed by atoms with Gasteiger partial charge >= 0.3 is 5.97 Å². The van der Waals surface area contributed by atoms with Crippen LogP contribution >= 0.6 is 0 Å². The van der Waals surface area contributed by atoms with Crippen molar-refractivity contribution in [1.29, 1.82) is 0 Å². The minimum Gasteiger partial charge on any atom is -0.467 e. The van der Waals surface area contributed by atoms with Crippen molar-refractivity contribution in [3.8, 4) is 0 Å². The summed E-state index contributed by atoms with van der Waals surface area (Å²) in [6.07, 6.45) is -0.628. The first kappa shape index (κ1) is 19.4. The van der Waals surface area contributed by atoms with Crippen molar-refractivity contribution in [1.82, 2.24) is 14.5 Å². The van der Waals surface area contributed by atoms with Crippen molar-refractivity contribution in [2.75, 3.05) is 7.11 Å². The van der Waals surface area contributed by atoms with Crippen LogP contribution < -0.4 is 5.32 Å². The number of carbonyl (C=O) groups is 2. The van der Waals surface area contributed by atoms with E-state index >= 15 is 0 Å². The van der Waals surface area contributed by atoms with Gasteiger partial charge in [0.05, 0.1) is 34.7 Å². The molecule has 5 heterocycles. The predicted molar refractivity (Wildman–Crippen MR) is 129 cm³/mol. The van der Waals surface area contributed by atoms with E-state index in [-0.39, 0.29) is 12.3 Å². The molecule has 2 aromatic heterocycles. The van der Waals surface area contributed by atoms with Gasteiger partial charge in [0, 0.05) is 34.5 Å². The molecule has 1 amide bonds. The van der Waals surface area contributed by atoms with Gasteiger partial charge < -0.3 is 29.0 Å². The van der Waals surface area contributed by atoms with Gasteiger partial charge in [0.25, 0.3) is 5.91 Å². The van der Waals surface area contributed by atoms with E-state index in [1.165, 1.54) is 7.11 Å². The van der Waals surface area contributed by atoms with Gasteiger partial charge in [0.2, 0.25) is 5.60 Å². The maximum absolute atomic E-state index is 13.2. The van der Waals surface area contributed by atoms with Crippen LogP contribution in [-0.2, 0) is 26.5 Å². The van der Waals surface area contributed by atoms with Crippen LogP contribution in [0, 0.1) is 0 Å². The second-order valence-corrected chi connectivity index (χ2v) is 9.83. The molecular formula is C27H21N3O5. The number of ether oxygens (including phenoxy) is 2. The Morgan fingerprint density at radius 1 is 1.09 bits per heavy atom. The number of methoxy groups -OCH3 is 1. The van der Waals surface area contributed by atoms with Crippen LogP contribution in [0.5, 0.6) is 0 Å². The van der Waals surface area contributed by atoms with E-state index in [2.05, 4.69) is 9.88 Å². The molecule has 8 rings (SSSR count). The molecule has 3 aromatic carbocycles. The van der Waals surface area contributed by atoms with Crippen LogP contribution in [0.4, 0.5) is 0 Å². The minimum atomic E-state index is -1.93. The number of para-hydroxylation sites is 2. The van der Waals surface area contributed by atoms with Crippen molar-refractivity contribution < 1.29 is 24.2 Å². The lowest BCUT2D eigenvalue weighted by atomic mass is 9.88. The fraction of sp³-hybridized carbons (Fsp3) is 0.259. The number of carbonyl (C=O) groups excluding carboxylic acids is 2. The quantitative estimate of drug-likeness (QED) is 0.367. The van der Waals surface area contributed by atoms with Crippen LogP contribution in [-0.4, -0.2) is 38.8 Å². The number of esters is 1. The standard InChI is InChI=1S/C27H21N3O5/c1-26-27(33,25(32)34-2)11-18(35-26)29-16-9-5-3-7-13(16)20-21-15(12-28-24(21)31)19-14-8-4-6-10-17(14)30(26)23(19)22(20)29/h3-10,18,33H,11-12H2,1-2H3,(H,28,31)/t18?,26-,27-/m0/s1. The van der Waals surface area contributed by atoms with Crippen molar-refractivity contribution >= 4 is 55.5 Å². The number of nitrogens with one attached hydrogen (secondary N) is 1. The molecule has 174 valence electrons. The lowest BCUT2D eigenvalue weighted by Crippen LogP contribution is -2.56. The number of amides is 1. The van der Waals surface area contributed by atoms with Crippen LogP contribution in [0.15, 0.2) is 48.5 Å². The molecule has 3 aliphatic rings. The molecule has 0 radical (unpaired) electrons. The third kappa shape index (κ3) is 1.89. The monoisotopic (exact) mass is 467 g/mol. The molecule has 8 nitrogen and oxygen atoms in total.